The molecule has 7 nitrogen and oxygen atoms in total. The number of anilines is 2. The van der Waals surface area contributed by atoms with Gasteiger partial charge in [-0.1, -0.05) is 0 Å². The van der Waals surface area contributed by atoms with Crippen molar-refractivity contribution in [3.63, 3.8) is 0 Å². The summed E-state index contributed by atoms with van der Waals surface area (Å²) in [4.78, 5) is 27.5. The fourth-order valence-corrected chi connectivity index (χ4v) is 2.44. The third-order valence-electron chi connectivity index (χ3n) is 3.58. The molecule has 0 saturated carbocycles. The Balaban J connectivity index is 1.78. The van der Waals surface area contributed by atoms with Crippen molar-refractivity contribution in [1.29, 1.82) is 0 Å². The van der Waals surface area contributed by atoms with Gasteiger partial charge in [-0.3, -0.25) is 14.5 Å². The molecule has 0 atom stereocenters. The van der Waals surface area contributed by atoms with Crippen LogP contribution >= 0.6 is 0 Å². The summed E-state index contributed by atoms with van der Waals surface area (Å²) in [7, 11) is 0. The third kappa shape index (κ3) is 2.78. The lowest BCUT2D eigenvalue weighted by Gasteiger charge is -2.32. The fourth-order valence-electron chi connectivity index (χ4n) is 2.44. The van der Waals surface area contributed by atoms with Gasteiger partial charge in [0.2, 0.25) is 5.91 Å². The van der Waals surface area contributed by atoms with E-state index in [9.17, 15) is 9.59 Å². The SMILES string of the molecule is Nc1ccc2c(c1)OCC(=O)N2CC(=O)N1CCOCC1. The zero-order valence-electron chi connectivity index (χ0n) is 11.6. The molecule has 0 radical (unpaired) electrons. The standard InChI is InChI=1S/C14H17N3O4/c15-10-1-2-11-12(7-10)21-9-14(19)17(11)8-13(18)16-3-5-20-6-4-16/h1-2,7H,3-6,8-9,15H2. The molecular weight excluding hydrogens is 274 g/mol. The van der Waals surface area contributed by atoms with E-state index in [4.69, 9.17) is 15.2 Å². The second-order valence-electron chi connectivity index (χ2n) is 4.99. The van der Waals surface area contributed by atoms with E-state index in [0.717, 1.165) is 0 Å². The Morgan fingerprint density at radius 1 is 1.29 bits per heavy atom. The van der Waals surface area contributed by atoms with Crippen LogP contribution in [-0.2, 0) is 14.3 Å². The Kier molecular flexibility index (Phi) is 3.66. The van der Waals surface area contributed by atoms with Crippen LogP contribution in [0.3, 0.4) is 0 Å². The van der Waals surface area contributed by atoms with Crippen LogP contribution in [0.1, 0.15) is 0 Å². The number of hydrogen-bond donors (Lipinski definition) is 1. The van der Waals surface area contributed by atoms with Crippen molar-refractivity contribution in [3.05, 3.63) is 18.2 Å². The minimum atomic E-state index is -0.228. The summed E-state index contributed by atoms with van der Waals surface area (Å²) in [5.41, 5.74) is 6.85. The number of fused-ring (bicyclic) bond motifs is 1. The number of nitrogens with zero attached hydrogens (tertiary/aromatic N) is 2. The Morgan fingerprint density at radius 2 is 2.05 bits per heavy atom. The van der Waals surface area contributed by atoms with Crippen LogP contribution in [0.25, 0.3) is 0 Å². The van der Waals surface area contributed by atoms with Crippen molar-refractivity contribution in [1.82, 2.24) is 4.90 Å². The van der Waals surface area contributed by atoms with E-state index in [0.29, 0.717) is 43.4 Å². The van der Waals surface area contributed by atoms with Crippen LogP contribution in [0.2, 0.25) is 0 Å². The largest absolute Gasteiger partial charge is 0.481 e. The van der Waals surface area contributed by atoms with Gasteiger partial charge in [0.15, 0.2) is 6.61 Å². The molecule has 21 heavy (non-hydrogen) atoms. The molecule has 7 heteroatoms. The number of rotatable bonds is 2. The molecule has 2 aliphatic rings. The van der Waals surface area contributed by atoms with Crippen molar-refractivity contribution in [2.45, 2.75) is 0 Å². The lowest BCUT2D eigenvalue weighted by molar-refractivity contribution is -0.135. The zero-order valence-corrected chi connectivity index (χ0v) is 11.6. The van der Waals surface area contributed by atoms with Gasteiger partial charge in [-0.15, -0.1) is 0 Å². The summed E-state index contributed by atoms with van der Waals surface area (Å²) < 4.78 is 10.6. The van der Waals surface area contributed by atoms with Crippen molar-refractivity contribution in [2.75, 3.05) is 50.1 Å². The zero-order chi connectivity index (χ0) is 14.8. The maximum atomic E-state index is 12.3. The summed E-state index contributed by atoms with van der Waals surface area (Å²) in [5.74, 6) is 0.217. The molecule has 0 aromatic heterocycles. The molecule has 112 valence electrons. The van der Waals surface area contributed by atoms with E-state index in [1.165, 1.54) is 4.90 Å². The average Bonchev–Trinajstić information content (AvgIpc) is 2.51. The summed E-state index contributed by atoms with van der Waals surface area (Å²) in [6.07, 6.45) is 0. The van der Waals surface area contributed by atoms with E-state index in [2.05, 4.69) is 0 Å². The Morgan fingerprint density at radius 3 is 2.81 bits per heavy atom. The lowest BCUT2D eigenvalue weighted by Crippen LogP contribution is -2.49. The van der Waals surface area contributed by atoms with Crippen LogP contribution < -0.4 is 15.4 Å². The normalized spacial score (nSPS) is 18.2. The van der Waals surface area contributed by atoms with E-state index >= 15 is 0 Å². The second-order valence-corrected chi connectivity index (χ2v) is 4.99. The monoisotopic (exact) mass is 291 g/mol. The smallest absolute Gasteiger partial charge is 0.265 e. The first-order valence-electron chi connectivity index (χ1n) is 6.83. The summed E-state index contributed by atoms with van der Waals surface area (Å²) in [6, 6.07) is 5.05. The number of hydrogen-bond acceptors (Lipinski definition) is 5. The number of benzene rings is 1. The number of carbonyl (C=O) groups excluding carboxylic acids is 2. The van der Waals surface area contributed by atoms with Crippen LogP contribution in [0.15, 0.2) is 18.2 Å². The topological polar surface area (TPSA) is 85.1 Å². The van der Waals surface area contributed by atoms with Crippen molar-refractivity contribution in [3.8, 4) is 5.75 Å². The number of ether oxygens (including phenoxy) is 2. The van der Waals surface area contributed by atoms with Gasteiger partial charge in [0.05, 0.1) is 18.9 Å². The summed E-state index contributed by atoms with van der Waals surface area (Å²) in [6.45, 7) is 2.13. The van der Waals surface area contributed by atoms with E-state index in [1.54, 1.807) is 23.1 Å². The highest BCUT2D eigenvalue weighted by atomic mass is 16.5. The highest BCUT2D eigenvalue weighted by Crippen LogP contribution is 2.33. The van der Waals surface area contributed by atoms with E-state index < -0.39 is 0 Å². The molecule has 2 heterocycles. The van der Waals surface area contributed by atoms with Crippen molar-refractivity contribution < 1.29 is 19.1 Å². The van der Waals surface area contributed by atoms with Gasteiger partial charge in [0, 0.05) is 24.8 Å². The Labute approximate surface area is 122 Å². The number of carbonyl (C=O) groups is 2. The molecule has 1 saturated heterocycles. The molecule has 0 spiro atoms. The highest BCUT2D eigenvalue weighted by molar-refractivity contribution is 6.02. The molecule has 0 bridgehead atoms. The summed E-state index contributed by atoms with van der Waals surface area (Å²) >= 11 is 0. The van der Waals surface area contributed by atoms with Gasteiger partial charge < -0.3 is 20.1 Å². The predicted octanol–water partition coefficient (Wildman–Crippen LogP) is -0.147. The minimum Gasteiger partial charge on any atom is -0.481 e. The lowest BCUT2D eigenvalue weighted by atomic mass is 10.2. The van der Waals surface area contributed by atoms with Gasteiger partial charge in [0.25, 0.3) is 5.91 Å². The number of morpholine rings is 1. The molecule has 1 aromatic rings. The molecule has 3 rings (SSSR count). The van der Waals surface area contributed by atoms with E-state index in [1.807, 2.05) is 0 Å². The molecule has 2 amide bonds. The van der Waals surface area contributed by atoms with Crippen LogP contribution in [0.4, 0.5) is 11.4 Å². The third-order valence-corrected chi connectivity index (χ3v) is 3.58. The van der Waals surface area contributed by atoms with E-state index in [-0.39, 0.29) is 25.0 Å². The van der Waals surface area contributed by atoms with Gasteiger partial charge in [0.1, 0.15) is 12.3 Å². The number of amides is 2. The highest BCUT2D eigenvalue weighted by Gasteiger charge is 2.29. The number of nitrogens with two attached hydrogens (primary N) is 1. The molecule has 2 N–H and O–H groups in total. The van der Waals surface area contributed by atoms with Crippen LogP contribution in [0.5, 0.6) is 5.75 Å². The first-order valence-corrected chi connectivity index (χ1v) is 6.83. The first-order chi connectivity index (χ1) is 10.1. The Bertz CT molecular complexity index is 569. The maximum absolute atomic E-state index is 12.3. The van der Waals surface area contributed by atoms with Gasteiger partial charge in [-0.25, -0.2) is 0 Å². The maximum Gasteiger partial charge on any atom is 0.265 e. The Hall–Kier alpha value is -2.28. The van der Waals surface area contributed by atoms with Crippen LogP contribution in [-0.4, -0.2) is 56.2 Å². The molecular formula is C14H17N3O4. The average molecular weight is 291 g/mol. The molecule has 1 fully saturated rings. The molecule has 0 unspecified atom stereocenters. The minimum absolute atomic E-state index is 0.0130. The summed E-state index contributed by atoms with van der Waals surface area (Å²) in [5, 5.41) is 0. The van der Waals surface area contributed by atoms with Crippen molar-refractivity contribution in [2.24, 2.45) is 0 Å². The molecule has 2 aliphatic heterocycles. The predicted molar refractivity (Wildman–Crippen MR) is 76.1 cm³/mol. The van der Waals surface area contributed by atoms with Gasteiger partial charge in [-0.05, 0) is 12.1 Å². The second kappa shape index (κ2) is 5.61. The van der Waals surface area contributed by atoms with Gasteiger partial charge >= 0.3 is 0 Å². The van der Waals surface area contributed by atoms with Gasteiger partial charge in [-0.2, -0.15) is 0 Å². The molecule has 0 aliphatic carbocycles. The fraction of sp³-hybridized carbons (Fsp3) is 0.429. The van der Waals surface area contributed by atoms with Crippen molar-refractivity contribution >= 4 is 23.2 Å². The molecule has 1 aromatic carbocycles. The quantitative estimate of drug-likeness (QED) is 0.766. The van der Waals surface area contributed by atoms with Crippen LogP contribution in [0, 0.1) is 0 Å². The first kappa shape index (κ1) is 13.7. The number of nitrogen functional groups attached to an aromatic ring is 1.